The second kappa shape index (κ2) is 8.13. The maximum absolute atomic E-state index is 3.79. The Labute approximate surface area is 109 Å². The van der Waals surface area contributed by atoms with Crippen LogP contribution in [-0.2, 0) is 0 Å². The summed E-state index contributed by atoms with van der Waals surface area (Å²) in [5.41, 5.74) is 0. The highest BCUT2D eigenvalue weighted by atomic mass is 14.9. The summed E-state index contributed by atoms with van der Waals surface area (Å²) < 4.78 is 0. The van der Waals surface area contributed by atoms with Crippen LogP contribution in [0.15, 0.2) is 0 Å². The minimum atomic E-state index is 0.816. The molecule has 0 aliphatic heterocycles. The summed E-state index contributed by atoms with van der Waals surface area (Å²) in [4.78, 5) is 0. The van der Waals surface area contributed by atoms with E-state index in [1.807, 2.05) is 0 Å². The summed E-state index contributed by atoms with van der Waals surface area (Å²) in [6.07, 6.45) is 9.81. The molecule has 0 aromatic carbocycles. The molecule has 102 valence electrons. The van der Waals surface area contributed by atoms with E-state index in [2.05, 4.69) is 33.0 Å². The molecule has 0 amide bonds. The molecule has 0 saturated heterocycles. The fraction of sp³-hybridized carbons (Fsp3) is 1.00. The first kappa shape index (κ1) is 15.0. The van der Waals surface area contributed by atoms with E-state index in [1.165, 1.54) is 51.5 Å². The fourth-order valence-electron chi connectivity index (χ4n) is 3.29. The third kappa shape index (κ3) is 4.99. The van der Waals surface area contributed by atoms with E-state index >= 15 is 0 Å². The van der Waals surface area contributed by atoms with Crippen LogP contribution < -0.4 is 5.32 Å². The van der Waals surface area contributed by atoms with E-state index in [-0.39, 0.29) is 0 Å². The molecule has 3 atom stereocenters. The topological polar surface area (TPSA) is 12.0 Å². The van der Waals surface area contributed by atoms with Gasteiger partial charge >= 0.3 is 0 Å². The Balaban J connectivity index is 2.46. The van der Waals surface area contributed by atoms with Crippen molar-refractivity contribution in [2.75, 3.05) is 6.54 Å². The van der Waals surface area contributed by atoms with Gasteiger partial charge in [0.15, 0.2) is 0 Å². The van der Waals surface area contributed by atoms with E-state index in [9.17, 15) is 0 Å². The highest BCUT2D eigenvalue weighted by Gasteiger charge is 2.30. The molecule has 1 N–H and O–H groups in total. The van der Waals surface area contributed by atoms with Crippen LogP contribution in [-0.4, -0.2) is 12.6 Å². The molecule has 0 radical (unpaired) electrons. The van der Waals surface area contributed by atoms with Crippen molar-refractivity contribution in [1.82, 2.24) is 5.32 Å². The van der Waals surface area contributed by atoms with Gasteiger partial charge in [0, 0.05) is 6.04 Å². The normalized spacial score (nSPS) is 29.8. The second-order valence-electron chi connectivity index (χ2n) is 6.28. The monoisotopic (exact) mass is 239 g/mol. The Morgan fingerprint density at radius 3 is 2.47 bits per heavy atom. The number of rotatable bonds is 7. The smallest absolute Gasteiger partial charge is 0.00955 e. The zero-order valence-corrected chi connectivity index (χ0v) is 12.5. The molecule has 0 aromatic heterocycles. The van der Waals surface area contributed by atoms with Gasteiger partial charge in [-0.15, -0.1) is 0 Å². The van der Waals surface area contributed by atoms with Crippen molar-refractivity contribution in [3.8, 4) is 0 Å². The molecule has 1 heteroatoms. The largest absolute Gasteiger partial charge is 0.314 e. The van der Waals surface area contributed by atoms with Gasteiger partial charge < -0.3 is 5.32 Å². The predicted molar refractivity (Wildman–Crippen MR) is 77.3 cm³/mol. The van der Waals surface area contributed by atoms with Crippen LogP contribution in [0.25, 0.3) is 0 Å². The van der Waals surface area contributed by atoms with Gasteiger partial charge in [-0.25, -0.2) is 0 Å². The molecule has 0 aromatic rings. The van der Waals surface area contributed by atoms with Gasteiger partial charge in [0.1, 0.15) is 0 Å². The van der Waals surface area contributed by atoms with Gasteiger partial charge in [0.05, 0.1) is 0 Å². The SMILES string of the molecule is CCCCC1CC(C(C)C)CCC1NCCC. The number of hydrogen-bond acceptors (Lipinski definition) is 1. The summed E-state index contributed by atoms with van der Waals surface area (Å²) in [5, 5.41) is 3.79. The second-order valence-corrected chi connectivity index (χ2v) is 6.28. The van der Waals surface area contributed by atoms with Crippen molar-refractivity contribution < 1.29 is 0 Å². The first-order valence-corrected chi connectivity index (χ1v) is 7.92. The van der Waals surface area contributed by atoms with E-state index in [0.29, 0.717) is 0 Å². The average Bonchev–Trinajstić information content (AvgIpc) is 2.34. The maximum Gasteiger partial charge on any atom is 0.00955 e. The van der Waals surface area contributed by atoms with Crippen LogP contribution in [0, 0.1) is 17.8 Å². The first-order chi connectivity index (χ1) is 8.19. The molecule has 1 rings (SSSR count). The maximum atomic E-state index is 3.79. The minimum Gasteiger partial charge on any atom is -0.314 e. The lowest BCUT2D eigenvalue weighted by atomic mass is 9.72. The van der Waals surface area contributed by atoms with Gasteiger partial charge in [0.25, 0.3) is 0 Å². The highest BCUT2D eigenvalue weighted by molar-refractivity contribution is 4.85. The Kier molecular flexibility index (Phi) is 7.18. The summed E-state index contributed by atoms with van der Waals surface area (Å²) >= 11 is 0. The van der Waals surface area contributed by atoms with Crippen LogP contribution in [0.2, 0.25) is 0 Å². The summed E-state index contributed by atoms with van der Waals surface area (Å²) in [5.74, 6) is 2.81. The molecule has 1 fully saturated rings. The Morgan fingerprint density at radius 2 is 1.88 bits per heavy atom. The van der Waals surface area contributed by atoms with Crippen LogP contribution in [0.4, 0.5) is 0 Å². The molecule has 1 aliphatic rings. The molecule has 0 bridgehead atoms. The molecule has 3 unspecified atom stereocenters. The van der Waals surface area contributed by atoms with Gasteiger partial charge in [-0.3, -0.25) is 0 Å². The summed E-state index contributed by atoms with van der Waals surface area (Å²) in [7, 11) is 0. The van der Waals surface area contributed by atoms with Crippen LogP contribution in [0.1, 0.15) is 72.6 Å². The molecule has 0 spiro atoms. The Hall–Kier alpha value is -0.0400. The summed E-state index contributed by atoms with van der Waals surface area (Å²) in [6.45, 7) is 10.6. The molecule has 17 heavy (non-hydrogen) atoms. The summed E-state index contributed by atoms with van der Waals surface area (Å²) in [6, 6.07) is 0.816. The lowest BCUT2D eigenvalue weighted by Crippen LogP contribution is -2.41. The van der Waals surface area contributed by atoms with Gasteiger partial charge in [-0.1, -0.05) is 40.5 Å². The van der Waals surface area contributed by atoms with Crippen molar-refractivity contribution in [3.63, 3.8) is 0 Å². The Bertz CT molecular complexity index is 188. The quantitative estimate of drug-likeness (QED) is 0.683. The minimum absolute atomic E-state index is 0.816. The molecule has 0 heterocycles. The predicted octanol–water partition coefficient (Wildman–Crippen LogP) is 4.62. The number of nitrogens with one attached hydrogen (secondary N) is 1. The molecule has 1 aliphatic carbocycles. The molecular weight excluding hydrogens is 206 g/mol. The van der Waals surface area contributed by atoms with E-state index < -0.39 is 0 Å². The van der Waals surface area contributed by atoms with Crippen molar-refractivity contribution in [2.45, 2.75) is 78.7 Å². The van der Waals surface area contributed by atoms with Crippen molar-refractivity contribution in [1.29, 1.82) is 0 Å². The van der Waals surface area contributed by atoms with Gasteiger partial charge in [-0.2, -0.15) is 0 Å². The van der Waals surface area contributed by atoms with E-state index in [1.54, 1.807) is 0 Å². The van der Waals surface area contributed by atoms with Crippen molar-refractivity contribution >= 4 is 0 Å². The van der Waals surface area contributed by atoms with E-state index in [0.717, 1.165) is 23.8 Å². The lowest BCUT2D eigenvalue weighted by Gasteiger charge is -2.38. The molecule has 1 nitrogen and oxygen atoms in total. The third-order valence-corrected chi connectivity index (χ3v) is 4.55. The fourth-order valence-corrected chi connectivity index (χ4v) is 3.29. The number of hydrogen-bond donors (Lipinski definition) is 1. The van der Waals surface area contributed by atoms with Gasteiger partial charge in [-0.05, 0) is 56.4 Å². The number of unbranched alkanes of at least 4 members (excludes halogenated alkanes) is 1. The lowest BCUT2D eigenvalue weighted by molar-refractivity contribution is 0.159. The molecular formula is C16H33N. The average molecular weight is 239 g/mol. The highest BCUT2D eigenvalue weighted by Crippen LogP contribution is 2.36. The molecule has 1 saturated carbocycles. The zero-order valence-electron chi connectivity index (χ0n) is 12.5. The van der Waals surface area contributed by atoms with Gasteiger partial charge in [0.2, 0.25) is 0 Å². The van der Waals surface area contributed by atoms with Crippen LogP contribution in [0.5, 0.6) is 0 Å². The van der Waals surface area contributed by atoms with Crippen LogP contribution in [0.3, 0.4) is 0 Å². The standard InChI is InChI=1S/C16H33N/c1-5-7-8-15-12-14(13(3)4)9-10-16(15)17-11-6-2/h13-17H,5-12H2,1-4H3. The van der Waals surface area contributed by atoms with E-state index in [4.69, 9.17) is 0 Å². The first-order valence-electron chi connectivity index (χ1n) is 7.92. The third-order valence-electron chi connectivity index (χ3n) is 4.55. The van der Waals surface area contributed by atoms with Crippen molar-refractivity contribution in [2.24, 2.45) is 17.8 Å². The Morgan fingerprint density at radius 1 is 1.12 bits per heavy atom. The van der Waals surface area contributed by atoms with Crippen molar-refractivity contribution in [3.05, 3.63) is 0 Å². The van der Waals surface area contributed by atoms with Crippen LogP contribution >= 0.6 is 0 Å². The zero-order chi connectivity index (χ0) is 12.7.